The van der Waals surface area contributed by atoms with Crippen molar-refractivity contribution in [1.29, 1.82) is 0 Å². The first-order chi connectivity index (χ1) is 8.70. The molecule has 18 heavy (non-hydrogen) atoms. The van der Waals surface area contributed by atoms with E-state index in [2.05, 4.69) is 45.0 Å². The van der Waals surface area contributed by atoms with Crippen LogP contribution in [0.3, 0.4) is 0 Å². The van der Waals surface area contributed by atoms with E-state index in [4.69, 9.17) is 5.73 Å². The van der Waals surface area contributed by atoms with Crippen molar-refractivity contribution in [2.75, 3.05) is 6.54 Å². The van der Waals surface area contributed by atoms with Gasteiger partial charge in [-0.25, -0.2) is 9.97 Å². The normalized spacial score (nSPS) is 14.4. The van der Waals surface area contributed by atoms with Gasteiger partial charge in [-0.1, -0.05) is 6.92 Å². The van der Waals surface area contributed by atoms with Crippen molar-refractivity contribution < 1.29 is 0 Å². The first kappa shape index (κ1) is 13.6. The van der Waals surface area contributed by atoms with Gasteiger partial charge in [-0.15, -0.1) is 11.3 Å². The first-order valence-corrected chi connectivity index (χ1v) is 7.54. The van der Waals surface area contributed by atoms with E-state index >= 15 is 0 Å². The zero-order valence-corrected chi connectivity index (χ0v) is 12.6. The second-order valence-corrected chi connectivity index (χ2v) is 6.81. The lowest BCUT2D eigenvalue weighted by Gasteiger charge is -2.17. The molecule has 5 heteroatoms. The molecule has 2 atom stereocenters. The number of nitrogens with two attached hydrogens (primary N) is 1. The van der Waals surface area contributed by atoms with Crippen LogP contribution >= 0.6 is 27.3 Å². The number of aromatic nitrogens is 2. The van der Waals surface area contributed by atoms with E-state index in [1.54, 1.807) is 23.7 Å². The Morgan fingerprint density at radius 1 is 1.33 bits per heavy atom. The minimum Gasteiger partial charge on any atom is -0.330 e. The molecule has 0 spiro atoms. The minimum absolute atomic E-state index is 0.224. The van der Waals surface area contributed by atoms with E-state index in [1.807, 2.05) is 6.07 Å². The van der Waals surface area contributed by atoms with E-state index in [0.29, 0.717) is 12.5 Å². The fourth-order valence-corrected chi connectivity index (χ4v) is 3.45. The van der Waals surface area contributed by atoms with Crippen LogP contribution in [-0.4, -0.2) is 16.5 Å². The molecule has 2 aromatic heterocycles. The van der Waals surface area contributed by atoms with Gasteiger partial charge in [-0.3, -0.25) is 0 Å². The lowest BCUT2D eigenvalue weighted by Crippen LogP contribution is -2.17. The summed E-state index contributed by atoms with van der Waals surface area (Å²) >= 11 is 5.28. The van der Waals surface area contributed by atoms with Gasteiger partial charge in [0.25, 0.3) is 0 Å². The Labute approximate surface area is 120 Å². The van der Waals surface area contributed by atoms with Crippen LogP contribution in [-0.2, 0) is 0 Å². The van der Waals surface area contributed by atoms with E-state index < -0.39 is 0 Å². The van der Waals surface area contributed by atoms with Crippen molar-refractivity contribution in [3.63, 3.8) is 0 Å². The maximum Gasteiger partial charge on any atom is 0.132 e. The summed E-state index contributed by atoms with van der Waals surface area (Å²) in [6, 6.07) is 6.09. The fraction of sp³-hybridized carbons (Fsp3) is 0.385. The van der Waals surface area contributed by atoms with Crippen molar-refractivity contribution in [2.24, 2.45) is 5.73 Å². The maximum atomic E-state index is 5.85. The number of thiophene rings is 1. The Balaban J connectivity index is 2.07. The summed E-state index contributed by atoms with van der Waals surface area (Å²) in [6.45, 7) is 2.81. The third-order valence-corrected chi connectivity index (χ3v) is 4.81. The van der Waals surface area contributed by atoms with Crippen LogP contribution in [0.1, 0.15) is 35.9 Å². The molecule has 0 bridgehead atoms. The van der Waals surface area contributed by atoms with Gasteiger partial charge >= 0.3 is 0 Å². The highest BCUT2D eigenvalue weighted by molar-refractivity contribution is 9.11. The van der Waals surface area contributed by atoms with Gasteiger partial charge in [0.2, 0.25) is 0 Å². The number of halogens is 1. The Morgan fingerprint density at radius 2 is 2.06 bits per heavy atom. The van der Waals surface area contributed by atoms with Gasteiger partial charge in [0, 0.05) is 29.7 Å². The molecular weight excluding hydrogens is 310 g/mol. The molecule has 2 N–H and O–H groups in total. The van der Waals surface area contributed by atoms with Crippen LogP contribution in [0, 0.1) is 0 Å². The summed E-state index contributed by atoms with van der Waals surface area (Å²) in [5, 5.41) is 0. The molecule has 96 valence electrons. The van der Waals surface area contributed by atoms with Crippen molar-refractivity contribution in [3.05, 3.63) is 45.1 Å². The Morgan fingerprint density at radius 3 is 2.61 bits per heavy atom. The quantitative estimate of drug-likeness (QED) is 0.914. The molecule has 0 aliphatic rings. The van der Waals surface area contributed by atoms with E-state index in [1.165, 1.54) is 8.66 Å². The average molecular weight is 326 g/mol. The van der Waals surface area contributed by atoms with Crippen LogP contribution < -0.4 is 5.73 Å². The van der Waals surface area contributed by atoms with Gasteiger partial charge < -0.3 is 5.73 Å². The third-order valence-electron chi connectivity index (χ3n) is 2.95. The largest absolute Gasteiger partial charge is 0.330 e. The predicted octanol–water partition coefficient (Wildman–Crippen LogP) is 3.54. The third kappa shape index (κ3) is 3.37. The van der Waals surface area contributed by atoms with Crippen LogP contribution in [0.2, 0.25) is 0 Å². The SMILES string of the molecule is CC(CC(CN)c1ncccn1)c1ccc(Br)s1. The number of nitrogens with zero attached hydrogens (tertiary/aromatic N) is 2. The molecule has 3 nitrogen and oxygen atoms in total. The monoisotopic (exact) mass is 325 g/mol. The second-order valence-electron chi connectivity index (χ2n) is 4.32. The van der Waals surface area contributed by atoms with E-state index in [-0.39, 0.29) is 5.92 Å². The molecule has 0 amide bonds. The summed E-state index contributed by atoms with van der Waals surface area (Å²) in [5.74, 6) is 1.54. The summed E-state index contributed by atoms with van der Waals surface area (Å²) in [7, 11) is 0. The Bertz CT molecular complexity index is 486. The fourth-order valence-electron chi connectivity index (χ4n) is 1.96. The Hall–Kier alpha value is -0.780. The lowest BCUT2D eigenvalue weighted by atomic mass is 9.94. The molecule has 0 fully saturated rings. The summed E-state index contributed by atoms with van der Waals surface area (Å²) in [6.07, 6.45) is 4.53. The number of hydrogen-bond donors (Lipinski definition) is 1. The Kier molecular flexibility index (Phi) is 4.86. The zero-order chi connectivity index (χ0) is 13.0. The zero-order valence-electron chi connectivity index (χ0n) is 10.2. The van der Waals surface area contributed by atoms with E-state index in [0.717, 1.165) is 12.2 Å². The maximum absolute atomic E-state index is 5.85. The number of hydrogen-bond acceptors (Lipinski definition) is 4. The first-order valence-electron chi connectivity index (χ1n) is 5.93. The molecule has 2 unspecified atom stereocenters. The molecule has 0 aromatic carbocycles. The smallest absolute Gasteiger partial charge is 0.132 e. The van der Waals surface area contributed by atoms with Gasteiger partial charge in [-0.05, 0) is 46.5 Å². The number of rotatable bonds is 5. The molecule has 0 aliphatic heterocycles. The predicted molar refractivity (Wildman–Crippen MR) is 78.9 cm³/mol. The molecule has 0 saturated carbocycles. The highest BCUT2D eigenvalue weighted by Crippen LogP contribution is 2.33. The van der Waals surface area contributed by atoms with E-state index in [9.17, 15) is 0 Å². The molecule has 2 aromatic rings. The molecule has 2 rings (SSSR count). The van der Waals surface area contributed by atoms with Crippen LogP contribution in [0.5, 0.6) is 0 Å². The van der Waals surface area contributed by atoms with Crippen molar-refractivity contribution >= 4 is 27.3 Å². The highest BCUT2D eigenvalue weighted by Gasteiger charge is 2.18. The minimum atomic E-state index is 0.224. The summed E-state index contributed by atoms with van der Waals surface area (Å²) in [5.41, 5.74) is 5.85. The standard InChI is InChI=1S/C13H16BrN3S/c1-9(11-3-4-12(14)18-11)7-10(8-15)13-16-5-2-6-17-13/h2-6,9-10H,7-8,15H2,1H3. The van der Waals surface area contributed by atoms with Crippen molar-refractivity contribution in [3.8, 4) is 0 Å². The van der Waals surface area contributed by atoms with Gasteiger partial charge in [0.05, 0.1) is 3.79 Å². The van der Waals surface area contributed by atoms with Crippen LogP contribution in [0.4, 0.5) is 0 Å². The topological polar surface area (TPSA) is 51.8 Å². The average Bonchev–Trinajstić information content (AvgIpc) is 2.83. The van der Waals surface area contributed by atoms with Gasteiger partial charge in [0.1, 0.15) is 5.82 Å². The molecular formula is C13H16BrN3S. The molecule has 0 saturated heterocycles. The van der Waals surface area contributed by atoms with Crippen molar-refractivity contribution in [1.82, 2.24) is 9.97 Å². The van der Waals surface area contributed by atoms with Crippen LogP contribution in [0.25, 0.3) is 0 Å². The van der Waals surface area contributed by atoms with Gasteiger partial charge in [0.15, 0.2) is 0 Å². The highest BCUT2D eigenvalue weighted by atomic mass is 79.9. The second kappa shape index (κ2) is 6.41. The molecule has 0 radical (unpaired) electrons. The van der Waals surface area contributed by atoms with Crippen molar-refractivity contribution in [2.45, 2.75) is 25.2 Å². The summed E-state index contributed by atoms with van der Waals surface area (Å²) < 4.78 is 1.17. The molecule has 0 aliphatic carbocycles. The summed E-state index contributed by atoms with van der Waals surface area (Å²) in [4.78, 5) is 9.98. The van der Waals surface area contributed by atoms with Gasteiger partial charge in [-0.2, -0.15) is 0 Å². The molecule has 2 heterocycles. The van der Waals surface area contributed by atoms with Crippen LogP contribution in [0.15, 0.2) is 34.4 Å². The lowest BCUT2D eigenvalue weighted by molar-refractivity contribution is 0.545.